The van der Waals surface area contributed by atoms with Crippen LogP contribution in [-0.4, -0.2) is 5.92 Å². The Morgan fingerprint density at radius 3 is 1.00 bits per heavy atom. The Hall–Kier alpha value is -4.10. The number of hydrogen-bond donors (Lipinski definition) is 0. The van der Waals surface area contributed by atoms with Crippen LogP contribution in [0, 0.1) is 39.5 Å². The van der Waals surface area contributed by atoms with Crippen molar-refractivity contribution in [2.75, 3.05) is 0 Å². The molecule has 6 aromatic rings. The maximum absolute atomic E-state index is 2.81. The Kier molecular flexibility index (Phi) is 12.0. The van der Waals surface area contributed by atoms with Crippen molar-refractivity contribution in [3.63, 3.8) is 0 Å². The van der Waals surface area contributed by atoms with Crippen molar-refractivity contribution in [2.45, 2.75) is 112 Å². The van der Waals surface area contributed by atoms with Crippen LogP contribution in [0.4, 0.5) is 0 Å². The van der Waals surface area contributed by atoms with E-state index in [2.05, 4.69) is 174 Å². The second kappa shape index (κ2) is 17.8. The van der Waals surface area contributed by atoms with Crippen LogP contribution >= 0.6 is 0 Å². The zero-order valence-electron chi connectivity index (χ0n) is 38.2. The number of allylic oxidation sites excluding steroid dienone is 2. The number of rotatable bonds is 11. The zero-order chi connectivity index (χ0) is 42.5. The molecule has 0 spiro atoms. The van der Waals surface area contributed by atoms with E-state index in [1.54, 1.807) is 22.3 Å². The van der Waals surface area contributed by atoms with Gasteiger partial charge in [0.15, 0.2) is 0 Å². The van der Waals surface area contributed by atoms with Gasteiger partial charge in [0.2, 0.25) is 0 Å². The van der Waals surface area contributed by atoms with E-state index in [-0.39, 0.29) is 0 Å². The quantitative estimate of drug-likeness (QED) is 0.114. The van der Waals surface area contributed by atoms with Gasteiger partial charge in [-0.15, -0.1) is 0 Å². The molecule has 2 unspecified atom stereocenters. The van der Waals surface area contributed by atoms with Gasteiger partial charge in [-0.05, 0) is 0 Å². The Bertz CT molecular complexity index is 2450. The van der Waals surface area contributed by atoms with Gasteiger partial charge in [0.05, 0.1) is 0 Å². The Morgan fingerprint density at radius 2 is 0.694 bits per heavy atom. The van der Waals surface area contributed by atoms with E-state index in [1.165, 1.54) is 131 Å². The number of aryl methyl sites for hydroxylation is 4. The summed E-state index contributed by atoms with van der Waals surface area (Å²) in [5.41, 5.74) is 26.8. The Balaban J connectivity index is 1.24. The van der Waals surface area contributed by atoms with Crippen molar-refractivity contribution in [3.8, 4) is 44.5 Å². The van der Waals surface area contributed by atoms with Crippen molar-refractivity contribution < 1.29 is 20.9 Å². The van der Waals surface area contributed by atoms with Crippen molar-refractivity contribution in [3.05, 3.63) is 177 Å². The molecule has 0 amide bonds. The molecular weight excluding hydrogens is 840 g/mol. The van der Waals surface area contributed by atoms with E-state index in [4.69, 9.17) is 0 Å². The first-order chi connectivity index (χ1) is 30.2. The van der Waals surface area contributed by atoms with E-state index in [0.717, 1.165) is 11.8 Å². The Morgan fingerprint density at radius 1 is 0.403 bits per heavy atom. The van der Waals surface area contributed by atoms with Crippen LogP contribution in [0.25, 0.3) is 56.7 Å². The van der Waals surface area contributed by atoms with Crippen LogP contribution in [-0.2, 0) is 20.9 Å². The average Bonchev–Trinajstić information content (AvgIpc) is 4.11. The molecule has 2 atom stereocenters. The molecule has 313 valence electrons. The number of hydrogen-bond acceptors (Lipinski definition) is 0. The summed E-state index contributed by atoms with van der Waals surface area (Å²) < 4.78 is 1.14. The molecule has 0 saturated heterocycles. The van der Waals surface area contributed by atoms with Crippen molar-refractivity contribution in [2.24, 2.45) is 11.8 Å². The van der Waals surface area contributed by atoms with E-state index in [9.17, 15) is 0 Å². The topological polar surface area (TPSA) is 0 Å². The molecule has 0 aromatic heterocycles. The fourth-order valence-electron chi connectivity index (χ4n) is 12.1. The van der Waals surface area contributed by atoms with Crippen LogP contribution in [0.5, 0.6) is 0 Å². The summed E-state index contributed by atoms with van der Waals surface area (Å²) in [5, 5.41) is 0. The Labute approximate surface area is 381 Å². The molecule has 6 aromatic carbocycles. The minimum atomic E-state index is -2.61. The van der Waals surface area contributed by atoms with Gasteiger partial charge >= 0.3 is 385 Å². The van der Waals surface area contributed by atoms with E-state index in [1.807, 2.05) is 11.1 Å². The van der Waals surface area contributed by atoms with E-state index < -0.39 is 26.8 Å². The monoisotopic (exact) mass is 903 g/mol. The van der Waals surface area contributed by atoms with Crippen molar-refractivity contribution in [1.29, 1.82) is 0 Å². The molecule has 0 aliphatic heterocycles. The summed E-state index contributed by atoms with van der Waals surface area (Å²) in [6.45, 7) is 14.5. The third-order valence-electron chi connectivity index (χ3n) is 15.3. The van der Waals surface area contributed by atoms with Crippen LogP contribution < -0.4 is 0 Å². The molecule has 2 saturated carbocycles. The molecule has 0 heterocycles. The van der Waals surface area contributed by atoms with Crippen LogP contribution in [0.3, 0.4) is 0 Å². The standard InChI is InChI=1S/2C29H29.C2H7Si.Zr/c2*1-20-7-11-24(12-8-20)26-15-16-27(25-13-9-21(2)10-14-25)29-19-23(18-28(26)29)17-22-5-3-4-6-22;1-3-2;/h2*7-16,18-19,22H,3-6,17H2,1-2H3;3H,1-2H3;. The first kappa shape index (κ1) is 41.9. The number of fused-ring (bicyclic) bond motifs is 2. The molecule has 10 rings (SSSR count). The van der Waals surface area contributed by atoms with E-state index in [0.29, 0.717) is 7.25 Å². The molecule has 2 heteroatoms. The van der Waals surface area contributed by atoms with Gasteiger partial charge in [-0.1, -0.05) is 0 Å². The summed E-state index contributed by atoms with van der Waals surface area (Å²) in [6, 6.07) is 48.0. The molecule has 4 aliphatic carbocycles. The van der Waals surface area contributed by atoms with Gasteiger partial charge in [-0.2, -0.15) is 0 Å². The maximum atomic E-state index is 2.81. The fraction of sp³-hybridized carbons (Fsp3) is 0.333. The fourth-order valence-corrected chi connectivity index (χ4v) is 34.8. The predicted molar refractivity (Wildman–Crippen MR) is 267 cm³/mol. The van der Waals surface area contributed by atoms with Crippen molar-refractivity contribution >= 4 is 18.1 Å². The molecule has 4 aliphatic rings. The average molecular weight is 905 g/mol. The van der Waals surface area contributed by atoms with Gasteiger partial charge in [0.25, 0.3) is 0 Å². The van der Waals surface area contributed by atoms with Crippen LogP contribution in [0.2, 0.25) is 13.1 Å². The third kappa shape index (κ3) is 8.14. The minimum absolute atomic E-state index is 0.568. The first-order valence-corrected chi connectivity index (χ1v) is 34.1. The van der Waals surface area contributed by atoms with Gasteiger partial charge < -0.3 is 0 Å². The van der Waals surface area contributed by atoms with Crippen LogP contribution in [0.1, 0.15) is 116 Å². The van der Waals surface area contributed by atoms with Crippen molar-refractivity contribution in [1.82, 2.24) is 0 Å². The molecule has 2 fully saturated rings. The van der Waals surface area contributed by atoms with Crippen LogP contribution in [0.15, 0.2) is 132 Å². The molecule has 0 radical (unpaired) electrons. The predicted octanol–water partition coefficient (Wildman–Crippen LogP) is 16.9. The summed E-state index contributed by atoms with van der Waals surface area (Å²) >= 11 is -2.61. The third-order valence-corrected chi connectivity index (χ3v) is 37.0. The molecule has 0 bridgehead atoms. The second-order valence-electron chi connectivity index (χ2n) is 20.1. The second-order valence-corrected chi connectivity index (χ2v) is 40.2. The first-order valence-electron chi connectivity index (χ1n) is 24.1. The molecule has 0 nitrogen and oxygen atoms in total. The summed E-state index contributed by atoms with van der Waals surface area (Å²) in [6.07, 6.45) is 19.3. The molecule has 0 N–H and O–H groups in total. The molecular formula is C60H65SiZr. The molecule has 62 heavy (non-hydrogen) atoms. The summed E-state index contributed by atoms with van der Waals surface area (Å²) in [5.74, 6) is 0.412. The normalized spacial score (nSPS) is 18.6. The SMILES string of the molecule is Cc1ccc(-c2ccc(-c3ccc(C)cc3)c3c2C=C(CC2CCCC2)[CH]3[Zr]([CH]2C(CC3CCCC3)=Cc3c(-c4ccc(C)cc4)ccc(-c4ccc(C)cc4)c32)[SiH](C)C)cc1. The van der Waals surface area contributed by atoms with Gasteiger partial charge in [0.1, 0.15) is 0 Å². The van der Waals surface area contributed by atoms with Gasteiger partial charge in [-0.25, -0.2) is 0 Å². The zero-order valence-corrected chi connectivity index (χ0v) is 41.8. The number of benzene rings is 6. The summed E-state index contributed by atoms with van der Waals surface area (Å²) in [4.78, 5) is 0. The van der Waals surface area contributed by atoms with E-state index >= 15 is 0 Å². The van der Waals surface area contributed by atoms with Gasteiger partial charge in [0, 0.05) is 0 Å². The van der Waals surface area contributed by atoms with Gasteiger partial charge in [-0.3, -0.25) is 0 Å². The summed E-state index contributed by atoms with van der Waals surface area (Å²) in [7, 11) is 0.